The standard InChI is InChI=1S/C6H12N3PS/c1-4-7-10(11,8-5-2)9-6-3/h4-6H,1-3H2,(H3,7,8,9,11). The van der Waals surface area contributed by atoms with Gasteiger partial charge in [-0.05, 0) is 30.4 Å². The van der Waals surface area contributed by atoms with Crippen LogP contribution in [0.3, 0.4) is 0 Å². The quantitative estimate of drug-likeness (QED) is 0.552. The molecule has 0 radical (unpaired) electrons. The first kappa shape index (κ1) is 10.3. The molecule has 0 spiro atoms. The molecule has 0 aromatic rings. The second-order valence-corrected chi connectivity index (χ2v) is 5.25. The van der Waals surface area contributed by atoms with Gasteiger partial charge in [0.15, 0.2) is 0 Å². The molecular formula is C6H12N3PS. The fraction of sp³-hybridized carbons (Fsp3) is 0. The van der Waals surface area contributed by atoms with Gasteiger partial charge < -0.3 is 15.3 Å². The van der Waals surface area contributed by atoms with E-state index in [2.05, 4.69) is 35.0 Å². The minimum atomic E-state index is -1.99. The maximum absolute atomic E-state index is 5.16. The Morgan fingerprint density at radius 3 is 1.36 bits per heavy atom. The van der Waals surface area contributed by atoms with E-state index in [1.165, 1.54) is 18.6 Å². The van der Waals surface area contributed by atoms with Crippen molar-refractivity contribution in [1.82, 2.24) is 15.3 Å². The van der Waals surface area contributed by atoms with E-state index in [4.69, 9.17) is 11.8 Å². The summed E-state index contributed by atoms with van der Waals surface area (Å²) in [5.74, 6) is 0. The van der Waals surface area contributed by atoms with E-state index in [0.29, 0.717) is 0 Å². The van der Waals surface area contributed by atoms with Crippen LogP contribution in [-0.4, -0.2) is 0 Å². The Kier molecular flexibility index (Phi) is 4.66. The summed E-state index contributed by atoms with van der Waals surface area (Å²) >= 11 is 5.16. The predicted molar refractivity (Wildman–Crippen MR) is 54.3 cm³/mol. The molecule has 0 rings (SSSR count). The predicted octanol–water partition coefficient (Wildman–Crippen LogP) is 1.41. The SMILES string of the molecule is C=CNP(=S)(NC=C)NC=C. The number of nitrogens with one attached hydrogen (secondary N) is 3. The van der Waals surface area contributed by atoms with Crippen molar-refractivity contribution in [1.29, 1.82) is 0 Å². The average Bonchev–Trinajstić information content (AvgIpc) is 1.88. The van der Waals surface area contributed by atoms with Crippen LogP contribution in [0.1, 0.15) is 0 Å². The summed E-state index contributed by atoms with van der Waals surface area (Å²) in [4.78, 5) is 0. The smallest absolute Gasteiger partial charge is 0.210 e. The van der Waals surface area contributed by atoms with Gasteiger partial charge in [-0.1, -0.05) is 19.7 Å². The van der Waals surface area contributed by atoms with Gasteiger partial charge in [-0.3, -0.25) is 0 Å². The Bertz CT molecular complexity index is 169. The molecule has 62 valence electrons. The van der Waals surface area contributed by atoms with Gasteiger partial charge in [0.1, 0.15) is 0 Å². The summed E-state index contributed by atoms with van der Waals surface area (Å²) in [5.41, 5.74) is 0. The van der Waals surface area contributed by atoms with Gasteiger partial charge in [0.2, 0.25) is 6.49 Å². The molecule has 3 N–H and O–H groups in total. The van der Waals surface area contributed by atoms with Gasteiger partial charge in [0.25, 0.3) is 0 Å². The summed E-state index contributed by atoms with van der Waals surface area (Å²) in [6.45, 7) is 8.54. The maximum Gasteiger partial charge on any atom is 0.210 e. The van der Waals surface area contributed by atoms with Crippen LogP contribution in [0.2, 0.25) is 0 Å². The van der Waals surface area contributed by atoms with Crippen LogP contribution in [0.5, 0.6) is 0 Å². The van der Waals surface area contributed by atoms with Gasteiger partial charge in [0, 0.05) is 0 Å². The fourth-order valence-corrected chi connectivity index (χ4v) is 2.16. The molecule has 0 aromatic carbocycles. The maximum atomic E-state index is 5.16. The largest absolute Gasteiger partial charge is 0.333 e. The molecule has 0 bridgehead atoms. The van der Waals surface area contributed by atoms with Crippen molar-refractivity contribution in [2.24, 2.45) is 0 Å². The monoisotopic (exact) mass is 189 g/mol. The number of rotatable bonds is 6. The van der Waals surface area contributed by atoms with Crippen LogP contribution < -0.4 is 15.3 Å². The number of hydrogen-bond acceptors (Lipinski definition) is 1. The molecule has 0 aliphatic carbocycles. The molecule has 11 heavy (non-hydrogen) atoms. The highest BCUT2D eigenvalue weighted by atomic mass is 32.4. The first-order chi connectivity index (χ1) is 5.18. The molecule has 5 heteroatoms. The third-order valence-electron chi connectivity index (χ3n) is 0.819. The lowest BCUT2D eigenvalue weighted by molar-refractivity contribution is 1.17. The van der Waals surface area contributed by atoms with Crippen molar-refractivity contribution in [3.05, 3.63) is 38.3 Å². The zero-order valence-electron chi connectivity index (χ0n) is 6.21. The van der Waals surface area contributed by atoms with E-state index in [-0.39, 0.29) is 0 Å². The summed E-state index contributed by atoms with van der Waals surface area (Å²) in [6, 6.07) is 0. The van der Waals surface area contributed by atoms with Crippen molar-refractivity contribution in [2.45, 2.75) is 0 Å². The fourth-order valence-electron chi connectivity index (χ4n) is 0.497. The summed E-state index contributed by atoms with van der Waals surface area (Å²) in [7, 11) is 0. The van der Waals surface area contributed by atoms with E-state index in [1.54, 1.807) is 0 Å². The highest BCUT2D eigenvalue weighted by Gasteiger charge is 2.07. The molecule has 0 aromatic heterocycles. The Hall–Kier alpha value is -0.730. The Labute approximate surface area is 72.4 Å². The van der Waals surface area contributed by atoms with Gasteiger partial charge in [-0.2, -0.15) is 0 Å². The van der Waals surface area contributed by atoms with E-state index in [0.717, 1.165) is 0 Å². The normalized spacial score (nSPS) is 9.45. The van der Waals surface area contributed by atoms with Crippen LogP contribution in [0.25, 0.3) is 0 Å². The minimum absolute atomic E-state index is 1.54. The lowest BCUT2D eigenvalue weighted by Gasteiger charge is -2.21. The topological polar surface area (TPSA) is 36.1 Å². The molecular weight excluding hydrogens is 177 g/mol. The summed E-state index contributed by atoms with van der Waals surface area (Å²) in [6.07, 6.45) is 4.61. The van der Waals surface area contributed by atoms with E-state index < -0.39 is 6.49 Å². The zero-order valence-corrected chi connectivity index (χ0v) is 7.92. The van der Waals surface area contributed by atoms with Crippen molar-refractivity contribution in [3.8, 4) is 0 Å². The Balaban J connectivity index is 4.22. The molecule has 0 amide bonds. The van der Waals surface area contributed by atoms with E-state index in [1.807, 2.05) is 0 Å². The lowest BCUT2D eigenvalue weighted by atomic mass is 11.1. The lowest BCUT2D eigenvalue weighted by Crippen LogP contribution is -2.22. The molecule has 0 atom stereocenters. The van der Waals surface area contributed by atoms with Crippen molar-refractivity contribution in [3.63, 3.8) is 0 Å². The van der Waals surface area contributed by atoms with E-state index in [9.17, 15) is 0 Å². The zero-order chi connectivity index (χ0) is 8.74. The first-order valence-electron chi connectivity index (χ1n) is 2.94. The summed E-state index contributed by atoms with van der Waals surface area (Å²) in [5, 5.41) is 8.66. The first-order valence-corrected chi connectivity index (χ1v) is 5.75. The highest BCUT2D eigenvalue weighted by molar-refractivity contribution is 8.11. The van der Waals surface area contributed by atoms with Gasteiger partial charge in [0.05, 0.1) is 0 Å². The average molecular weight is 189 g/mol. The van der Waals surface area contributed by atoms with E-state index >= 15 is 0 Å². The third-order valence-corrected chi connectivity index (χ3v) is 3.41. The molecule has 0 unspecified atom stereocenters. The molecule has 0 fully saturated rings. The van der Waals surface area contributed by atoms with Crippen LogP contribution in [-0.2, 0) is 11.8 Å². The van der Waals surface area contributed by atoms with Gasteiger partial charge in [-0.25, -0.2) is 0 Å². The molecule has 0 saturated carbocycles. The van der Waals surface area contributed by atoms with Crippen LogP contribution in [0, 0.1) is 0 Å². The third kappa shape index (κ3) is 3.86. The molecule has 0 aliphatic rings. The van der Waals surface area contributed by atoms with Crippen LogP contribution >= 0.6 is 6.49 Å². The molecule has 0 aliphatic heterocycles. The highest BCUT2D eigenvalue weighted by Crippen LogP contribution is 2.29. The Morgan fingerprint density at radius 2 is 1.18 bits per heavy atom. The van der Waals surface area contributed by atoms with Crippen LogP contribution in [0.4, 0.5) is 0 Å². The Morgan fingerprint density at radius 1 is 0.909 bits per heavy atom. The van der Waals surface area contributed by atoms with Gasteiger partial charge >= 0.3 is 0 Å². The molecule has 0 saturated heterocycles. The second kappa shape index (κ2) is 4.99. The van der Waals surface area contributed by atoms with Crippen molar-refractivity contribution in [2.75, 3.05) is 0 Å². The van der Waals surface area contributed by atoms with Crippen molar-refractivity contribution < 1.29 is 0 Å². The van der Waals surface area contributed by atoms with Gasteiger partial charge in [-0.15, -0.1) is 0 Å². The minimum Gasteiger partial charge on any atom is -0.333 e. The molecule has 3 nitrogen and oxygen atoms in total. The number of hydrogen-bond donors (Lipinski definition) is 3. The second-order valence-electron chi connectivity index (χ2n) is 1.61. The van der Waals surface area contributed by atoms with Crippen molar-refractivity contribution >= 4 is 18.3 Å². The van der Waals surface area contributed by atoms with Crippen LogP contribution in [0.15, 0.2) is 38.3 Å². The molecule has 0 heterocycles. The summed E-state index contributed by atoms with van der Waals surface area (Å²) < 4.78 is 0.